The Morgan fingerprint density at radius 3 is 2.59 bits per heavy atom. The van der Waals surface area contributed by atoms with Crippen molar-refractivity contribution in [3.63, 3.8) is 0 Å². The van der Waals surface area contributed by atoms with Crippen molar-refractivity contribution in [2.45, 2.75) is 25.7 Å². The number of hydrogen-bond donors (Lipinski definition) is 0. The number of ether oxygens (including phenoxy) is 2. The van der Waals surface area contributed by atoms with Crippen molar-refractivity contribution in [3.05, 3.63) is 65.2 Å². The first-order chi connectivity index (χ1) is 10.6. The minimum atomic E-state index is -0.0755. The molecule has 22 heavy (non-hydrogen) atoms. The third-order valence-electron chi connectivity index (χ3n) is 4.04. The molecular weight excluding hydrogens is 274 g/mol. The van der Waals surface area contributed by atoms with E-state index in [-0.39, 0.29) is 12.2 Å². The summed E-state index contributed by atoms with van der Waals surface area (Å²) >= 11 is 0. The predicted octanol–water partition coefficient (Wildman–Crippen LogP) is 3.58. The van der Waals surface area contributed by atoms with Gasteiger partial charge in [-0.3, -0.25) is 0 Å². The summed E-state index contributed by atoms with van der Waals surface area (Å²) in [6.45, 7) is 3.57. The van der Waals surface area contributed by atoms with E-state index in [4.69, 9.17) is 9.47 Å². The molecule has 0 amide bonds. The van der Waals surface area contributed by atoms with E-state index in [0.29, 0.717) is 6.61 Å². The number of fused-ring (bicyclic) bond motifs is 1. The number of aryl methyl sites for hydroxylation is 1. The third kappa shape index (κ3) is 3.16. The molecule has 1 aliphatic rings. The summed E-state index contributed by atoms with van der Waals surface area (Å²) in [5.41, 5.74) is 3.61. The second kappa shape index (κ2) is 6.51. The Bertz CT molecular complexity index is 639. The van der Waals surface area contributed by atoms with Gasteiger partial charge in [0.1, 0.15) is 11.9 Å². The van der Waals surface area contributed by atoms with E-state index in [1.165, 1.54) is 11.1 Å². The van der Waals surface area contributed by atoms with Crippen LogP contribution in [0.4, 0.5) is 0 Å². The number of nitrogens with zero attached hydrogens (tertiary/aromatic N) is 1. The summed E-state index contributed by atoms with van der Waals surface area (Å²) in [5, 5.41) is 0. The SMILES string of the molecule is Cc1ccccc1OC1c2ccccc2COC1CN(C)C. The minimum Gasteiger partial charge on any atom is -0.483 e. The standard InChI is InChI=1S/C19H23NO2/c1-14-8-4-7-11-17(14)22-19-16-10-6-5-9-15(16)13-21-18(19)12-20(2)3/h4-11,18-19H,12-13H2,1-3H3. The van der Waals surface area contributed by atoms with Gasteiger partial charge in [0.05, 0.1) is 6.61 Å². The van der Waals surface area contributed by atoms with Gasteiger partial charge in [-0.2, -0.15) is 0 Å². The van der Waals surface area contributed by atoms with Crippen LogP contribution in [-0.2, 0) is 11.3 Å². The van der Waals surface area contributed by atoms with E-state index in [0.717, 1.165) is 17.9 Å². The molecule has 0 bridgehead atoms. The molecule has 0 fully saturated rings. The highest BCUT2D eigenvalue weighted by Gasteiger charge is 2.32. The Morgan fingerprint density at radius 2 is 1.82 bits per heavy atom. The van der Waals surface area contributed by atoms with Crippen LogP contribution in [0.1, 0.15) is 22.8 Å². The van der Waals surface area contributed by atoms with Crippen LogP contribution in [0.5, 0.6) is 5.75 Å². The van der Waals surface area contributed by atoms with E-state index in [1.807, 2.05) is 18.2 Å². The quantitative estimate of drug-likeness (QED) is 0.861. The van der Waals surface area contributed by atoms with Gasteiger partial charge in [0.2, 0.25) is 0 Å². The smallest absolute Gasteiger partial charge is 0.151 e. The molecule has 0 saturated carbocycles. The van der Waals surface area contributed by atoms with Gasteiger partial charge in [-0.25, -0.2) is 0 Å². The first-order valence-electron chi connectivity index (χ1n) is 7.71. The van der Waals surface area contributed by atoms with Crippen LogP contribution in [0.25, 0.3) is 0 Å². The van der Waals surface area contributed by atoms with Crippen molar-refractivity contribution in [2.75, 3.05) is 20.6 Å². The zero-order valence-electron chi connectivity index (χ0n) is 13.5. The fourth-order valence-electron chi connectivity index (χ4n) is 2.90. The van der Waals surface area contributed by atoms with Gasteiger partial charge in [0, 0.05) is 12.1 Å². The van der Waals surface area contributed by atoms with Gasteiger partial charge in [-0.05, 0) is 38.2 Å². The van der Waals surface area contributed by atoms with Crippen molar-refractivity contribution < 1.29 is 9.47 Å². The predicted molar refractivity (Wildman–Crippen MR) is 88.1 cm³/mol. The third-order valence-corrected chi connectivity index (χ3v) is 4.04. The summed E-state index contributed by atoms with van der Waals surface area (Å²) < 4.78 is 12.4. The highest BCUT2D eigenvalue weighted by molar-refractivity contribution is 5.36. The topological polar surface area (TPSA) is 21.7 Å². The van der Waals surface area contributed by atoms with Crippen LogP contribution in [0.3, 0.4) is 0 Å². The van der Waals surface area contributed by atoms with Gasteiger partial charge in [0.15, 0.2) is 6.10 Å². The zero-order chi connectivity index (χ0) is 15.5. The van der Waals surface area contributed by atoms with Crippen molar-refractivity contribution in [1.82, 2.24) is 4.90 Å². The monoisotopic (exact) mass is 297 g/mol. The van der Waals surface area contributed by atoms with E-state index >= 15 is 0 Å². The molecule has 0 saturated heterocycles. The average molecular weight is 297 g/mol. The second-order valence-electron chi connectivity index (χ2n) is 6.11. The van der Waals surface area contributed by atoms with Crippen molar-refractivity contribution in [3.8, 4) is 5.75 Å². The highest BCUT2D eigenvalue weighted by Crippen LogP contribution is 2.34. The molecule has 2 aromatic rings. The summed E-state index contributed by atoms with van der Waals surface area (Å²) in [5.74, 6) is 0.927. The molecule has 2 unspecified atom stereocenters. The number of likely N-dealkylation sites (N-methyl/N-ethyl adjacent to an activating group) is 1. The van der Waals surface area contributed by atoms with Gasteiger partial charge in [-0.1, -0.05) is 42.5 Å². The van der Waals surface area contributed by atoms with E-state index < -0.39 is 0 Å². The average Bonchev–Trinajstić information content (AvgIpc) is 2.51. The molecule has 0 aliphatic carbocycles. The summed E-state index contributed by atoms with van der Waals surface area (Å²) in [4.78, 5) is 2.15. The first kappa shape index (κ1) is 15.1. The van der Waals surface area contributed by atoms with Crippen LogP contribution in [0.2, 0.25) is 0 Å². The Kier molecular flexibility index (Phi) is 4.46. The van der Waals surface area contributed by atoms with Crippen molar-refractivity contribution >= 4 is 0 Å². The molecular formula is C19H23NO2. The zero-order valence-corrected chi connectivity index (χ0v) is 13.5. The molecule has 116 valence electrons. The number of para-hydroxylation sites is 1. The van der Waals surface area contributed by atoms with Gasteiger partial charge in [-0.15, -0.1) is 0 Å². The van der Waals surface area contributed by atoms with E-state index in [1.54, 1.807) is 0 Å². The maximum Gasteiger partial charge on any atom is 0.151 e. The van der Waals surface area contributed by atoms with Crippen molar-refractivity contribution in [1.29, 1.82) is 0 Å². The lowest BCUT2D eigenvalue weighted by Gasteiger charge is -2.35. The largest absolute Gasteiger partial charge is 0.483 e. The molecule has 0 N–H and O–H groups in total. The second-order valence-corrected chi connectivity index (χ2v) is 6.11. The molecule has 3 rings (SSSR count). The molecule has 3 heteroatoms. The van der Waals surface area contributed by atoms with E-state index in [2.05, 4.69) is 56.3 Å². The first-order valence-corrected chi connectivity index (χ1v) is 7.71. The van der Waals surface area contributed by atoms with Gasteiger partial charge in [0.25, 0.3) is 0 Å². The Labute approximate surface area is 132 Å². The van der Waals surface area contributed by atoms with Gasteiger partial charge >= 0.3 is 0 Å². The lowest BCUT2D eigenvalue weighted by molar-refractivity contribution is -0.0618. The fraction of sp³-hybridized carbons (Fsp3) is 0.368. The number of hydrogen-bond acceptors (Lipinski definition) is 3. The molecule has 1 heterocycles. The Morgan fingerprint density at radius 1 is 1.09 bits per heavy atom. The lowest BCUT2D eigenvalue weighted by Crippen LogP contribution is -2.39. The van der Waals surface area contributed by atoms with Crippen molar-refractivity contribution in [2.24, 2.45) is 0 Å². The fourth-order valence-corrected chi connectivity index (χ4v) is 2.90. The summed E-state index contributed by atoms with van der Waals surface area (Å²) in [6, 6.07) is 16.6. The maximum atomic E-state index is 6.37. The summed E-state index contributed by atoms with van der Waals surface area (Å²) in [7, 11) is 4.13. The van der Waals surface area contributed by atoms with Crippen LogP contribution in [0, 0.1) is 6.92 Å². The molecule has 0 spiro atoms. The molecule has 2 atom stereocenters. The molecule has 2 aromatic carbocycles. The Hall–Kier alpha value is -1.84. The number of benzene rings is 2. The number of rotatable bonds is 4. The van der Waals surface area contributed by atoms with Crippen LogP contribution in [0.15, 0.2) is 48.5 Å². The minimum absolute atomic E-state index is 0.0320. The van der Waals surface area contributed by atoms with Crippen LogP contribution >= 0.6 is 0 Å². The molecule has 0 radical (unpaired) electrons. The lowest BCUT2D eigenvalue weighted by atomic mass is 9.95. The summed E-state index contributed by atoms with van der Waals surface area (Å²) in [6.07, 6.45) is -0.0436. The normalized spacial score (nSPS) is 20.7. The van der Waals surface area contributed by atoms with Crippen LogP contribution < -0.4 is 4.74 Å². The van der Waals surface area contributed by atoms with E-state index in [9.17, 15) is 0 Å². The molecule has 1 aliphatic heterocycles. The highest BCUT2D eigenvalue weighted by atomic mass is 16.5. The molecule has 3 nitrogen and oxygen atoms in total. The maximum absolute atomic E-state index is 6.37. The molecule has 0 aromatic heterocycles. The van der Waals surface area contributed by atoms with Gasteiger partial charge < -0.3 is 14.4 Å². The Balaban J connectivity index is 1.93. The van der Waals surface area contributed by atoms with Crippen LogP contribution in [-0.4, -0.2) is 31.6 Å².